The van der Waals surface area contributed by atoms with Crippen LogP contribution in [0, 0.1) is 5.82 Å². The van der Waals surface area contributed by atoms with Crippen LogP contribution in [0.5, 0.6) is 0 Å². The first-order valence-corrected chi connectivity index (χ1v) is 11.9. The SMILES string of the molecule is CC(C)n1c(=O)sc2cc(NC(=O)CN(c3ccc(F)c(Cl)c3)S(C)(=O)=O)ccc21. The summed E-state index contributed by atoms with van der Waals surface area (Å²) >= 11 is 6.81. The molecule has 1 aromatic heterocycles. The predicted octanol–water partition coefficient (Wildman–Crippen LogP) is 3.84. The van der Waals surface area contributed by atoms with Gasteiger partial charge >= 0.3 is 4.87 Å². The number of hydrogen-bond acceptors (Lipinski definition) is 5. The van der Waals surface area contributed by atoms with Crippen LogP contribution in [0.2, 0.25) is 5.02 Å². The first kappa shape index (κ1) is 22.3. The summed E-state index contributed by atoms with van der Waals surface area (Å²) < 4.78 is 41.0. The van der Waals surface area contributed by atoms with Gasteiger partial charge in [0.2, 0.25) is 15.9 Å². The van der Waals surface area contributed by atoms with Crippen molar-refractivity contribution in [1.82, 2.24) is 4.57 Å². The largest absolute Gasteiger partial charge is 0.324 e. The number of aromatic nitrogens is 1. The molecule has 0 radical (unpaired) electrons. The zero-order chi connectivity index (χ0) is 22.2. The molecule has 0 spiro atoms. The monoisotopic (exact) mass is 471 g/mol. The van der Waals surface area contributed by atoms with Crippen molar-refractivity contribution in [2.45, 2.75) is 19.9 Å². The summed E-state index contributed by atoms with van der Waals surface area (Å²) in [6, 6.07) is 8.44. The van der Waals surface area contributed by atoms with Gasteiger partial charge in [-0.2, -0.15) is 0 Å². The van der Waals surface area contributed by atoms with Crippen LogP contribution in [0.3, 0.4) is 0 Å². The molecular formula is C19H19ClFN3O4S2. The van der Waals surface area contributed by atoms with Crippen molar-refractivity contribution < 1.29 is 17.6 Å². The zero-order valence-corrected chi connectivity index (χ0v) is 18.7. The summed E-state index contributed by atoms with van der Waals surface area (Å²) in [7, 11) is -3.83. The van der Waals surface area contributed by atoms with E-state index in [2.05, 4.69) is 5.32 Å². The number of carbonyl (C=O) groups excluding carboxylic acids is 1. The Morgan fingerprint density at radius 3 is 2.57 bits per heavy atom. The second kappa shape index (κ2) is 8.37. The summed E-state index contributed by atoms with van der Waals surface area (Å²) in [6.45, 7) is 3.29. The third-order valence-electron chi connectivity index (χ3n) is 4.29. The Bertz CT molecular complexity index is 1280. The van der Waals surface area contributed by atoms with E-state index in [1.54, 1.807) is 22.8 Å². The van der Waals surface area contributed by atoms with Gasteiger partial charge < -0.3 is 5.32 Å². The summed E-state index contributed by atoms with van der Waals surface area (Å²) in [5, 5.41) is 2.38. The van der Waals surface area contributed by atoms with Gasteiger partial charge in [0.05, 0.1) is 27.2 Å². The molecule has 1 heterocycles. The van der Waals surface area contributed by atoms with Gasteiger partial charge in [-0.05, 0) is 50.2 Å². The number of nitrogens with one attached hydrogen (secondary N) is 1. The van der Waals surface area contributed by atoms with E-state index in [0.717, 1.165) is 39.5 Å². The van der Waals surface area contributed by atoms with Crippen LogP contribution in [0.4, 0.5) is 15.8 Å². The predicted molar refractivity (Wildman–Crippen MR) is 119 cm³/mol. The summed E-state index contributed by atoms with van der Waals surface area (Å²) in [5.74, 6) is -1.30. The van der Waals surface area contributed by atoms with Gasteiger partial charge in [0.1, 0.15) is 12.4 Å². The second-order valence-corrected chi connectivity index (χ2v) is 10.2. The highest BCUT2D eigenvalue weighted by molar-refractivity contribution is 7.92. The van der Waals surface area contributed by atoms with Crippen LogP contribution in [0.25, 0.3) is 10.2 Å². The molecule has 0 aliphatic heterocycles. The number of nitrogens with zero attached hydrogens (tertiary/aromatic N) is 2. The Morgan fingerprint density at radius 1 is 1.27 bits per heavy atom. The van der Waals surface area contributed by atoms with E-state index in [1.165, 1.54) is 6.07 Å². The quantitative estimate of drug-likeness (QED) is 0.591. The molecule has 11 heteroatoms. The molecule has 30 heavy (non-hydrogen) atoms. The van der Waals surface area contributed by atoms with Crippen LogP contribution in [-0.2, 0) is 14.8 Å². The van der Waals surface area contributed by atoms with Crippen molar-refractivity contribution in [3.05, 3.63) is 56.9 Å². The van der Waals surface area contributed by atoms with Crippen LogP contribution < -0.4 is 14.5 Å². The molecule has 1 amide bonds. The topological polar surface area (TPSA) is 88.5 Å². The van der Waals surface area contributed by atoms with Crippen LogP contribution in [0.15, 0.2) is 41.2 Å². The number of hydrogen-bond donors (Lipinski definition) is 1. The number of halogens is 2. The average molecular weight is 472 g/mol. The van der Waals surface area contributed by atoms with Gasteiger partial charge in [-0.3, -0.25) is 18.5 Å². The third-order valence-corrected chi connectivity index (χ3v) is 6.64. The van der Waals surface area contributed by atoms with E-state index >= 15 is 0 Å². The fourth-order valence-electron chi connectivity index (χ4n) is 2.97. The van der Waals surface area contributed by atoms with Gasteiger partial charge in [0.25, 0.3) is 0 Å². The Hall–Kier alpha value is -2.43. The molecule has 7 nitrogen and oxygen atoms in total. The summed E-state index contributed by atoms with van der Waals surface area (Å²) in [5.41, 5.74) is 1.26. The molecule has 0 aliphatic carbocycles. The first-order chi connectivity index (χ1) is 14.0. The lowest BCUT2D eigenvalue weighted by molar-refractivity contribution is -0.114. The number of fused-ring (bicyclic) bond motifs is 1. The minimum atomic E-state index is -3.83. The van der Waals surface area contributed by atoms with Crippen LogP contribution in [-0.4, -0.2) is 31.7 Å². The highest BCUT2D eigenvalue weighted by atomic mass is 35.5. The lowest BCUT2D eigenvalue weighted by Gasteiger charge is -2.22. The van der Waals surface area contributed by atoms with Crippen molar-refractivity contribution in [2.75, 3.05) is 22.4 Å². The normalized spacial score (nSPS) is 11.8. The first-order valence-electron chi connectivity index (χ1n) is 8.85. The molecule has 1 N–H and O–H groups in total. The van der Waals surface area contributed by atoms with E-state index in [0.29, 0.717) is 10.4 Å². The molecule has 0 fully saturated rings. The number of thiazole rings is 1. The van der Waals surface area contributed by atoms with E-state index in [1.807, 2.05) is 13.8 Å². The van der Waals surface area contributed by atoms with E-state index in [-0.39, 0.29) is 21.6 Å². The molecule has 0 aliphatic rings. The van der Waals surface area contributed by atoms with Crippen molar-refractivity contribution in [2.24, 2.45) is 0 Å². The van der Waals surface area contributed by atoms with Gasteiger partial charge in [-0.25, -0.2) is 12.8 Å². The fourth-order valence-corrected chi connectivity index (χ4v) is 5.05. The zero-order valence-electron chi connectivity index (χ0n) is 16.3. The number of sulfonamides is 1. The van der Waals surface area contributed by atoms with Gasteiger partial charge in [0.15, 0.2) is 0 Å². The molecule has 3 aromatic rings. The van der Waals surface area contributed by atoms with E-state index < -0.39 is 28.3 Å². The molecule has 160 valence electrons. The Morgan fingerprint density at radius 2 is 1.97 bits per heavy atom. The maximum absolute atomic E-state index is 13.4. The van der Waals surface area contributed by atoms with Gasteiger partial charge in [0, 0.05) is 11.7 Å². The molecular weight excluding hydrogens is 453 g/mol. The lowest BCUT2D eigenvalue weighted by Crippen LogP contribution is -2.37. The number of amides is 1. The van der Waals surface area contributed by atoms with Crippen molar-refractivity contribution >= 4 is 60.5 Å². The minimum Gasteiger partial charge on any atom is -0.324 e. The molecule has 2 aromatic carbocycles. The number of anilines is 2. The highest BCUT2D eigenvalue weighted by Gasteiger charge is 2.22. The Kier molecular flexibility index (Phi) is 6.21. The molecule has 3 rings (SSSR count). The summed E-state index contributed by atoms with van der Waals surface area (Å²) in [6.07, 6.45) is 0.940. The summed E-state index contributed by atoms with van der Waals surface area (Å²) in [4.78, 5) is 24.6. The molecule has 0 saturated heterocycles. The van der Waals surface area contributed by atoms with E-state index in [9.17, 15) is 22.4 Å². The van der Waals surface area contributed by atoms with Crippen LogP contribution in [0.1, 0.15) is 19.9 Å². The Labute approximate surface area is 181 Å². The van der Waals surface area contributed by atoms with Crippen molar-refractivity contribution in [3.63, 3.8) is 0 Å². The molecule has 0 atom stereocenters. The maximum Gasteiger partial charge on any atom is 0.308 e. The number of rotatable bonds is 6. The van der Waals surface area contributed by atoms with E-state index in [4.69, 9.17) is 11.6 Å². The van der Waals surface area contributed by atoms with Gasteiger partial charge in [-0.1, -0.05) is 22.9 Å². The van der Waals surface area contributed by atoms with Crippen molar-refractivity contribution in [3.8, 4) is 0 Å². The number of carbonyl (C=O) groups is 1. The Balaban J connectivity index is 1.85. The number of benzene rings is 2. The fraction of sp³-hybridized carbons (Fsp3) is 0.263. The minimum absolute atomic E-state index is 0.00227. The van der Waals surface area contributed by atoms with Crippen molar-refractivity contribution in [1.29, 1.82) is 0 Å². The third kappa shape index (κ3) is 4.66. The van der Waals surface area contributed by atoms with Crippen LogP contribution >= 0.6 is 22.9 Å². The smallest absolute Gasteiger partial charge is 0.308 e. The average Bonchev–Trinajstić information content (AvgIpc) is 2.96. The van der Waals surface area contributed by atoms with Gasteiger partial charge in [-0.15, -0.1) is 0 Å². The standard InChI is InChI=1S/C19H19ClFN3O4S2/c1-11(2)24-16-7-4-12(8-17(16)29-19(24)26)22-18(25)10-23(30(3,27)28)13-5-6-15(21)14(20)9-13/h4-9,11H,10H2,1-3H3,(H,22,25). The molecule has 0 bridgehead atoms. The molecule has 0 saturated carbocycles. The maximum atomic E-state index is 13.4. The molecule has 0 unspecified atom stereocenters. The lowest BCUT2D eigenvalue weighted by atomic mass is 10.2. The highest BCUT2D eigenvalue weighted by Crippen LogP contribution is 2.26. The second-order valence-electron chi connectivity index (χ2n) is 6.93.